The molecular formula is C32H42N2O6. The molecule has 1 aliphatic heterocycles. The van der Waals surface area contributed by atoms with Gasteiger partial charge in [-0.3, -0.25) is 9.59 Å². The van der Waals surface area contributed by atoms with E-state index in [1.54, 1.807) is 48.4 Å². The van der Waals surface area contributed by atoms with Crippen molar-refractivity contribution in [3.8, 4) is 17.2 Å². The summed E-state index contributed by atoms with van der Waals surface area (Å²) in [5, 5.41) is 11.5. The second kappa shape index (κ2) is 14.6. The highest BCUT2D eigenvalue weighted by Crippen LogP contribution is 2.42. The van der Waals surface area contributed by atoms with E-state index in [9.17, 15) is 14.7 Å². The second-order valence-corrected chi connectivity index (χ2v) is 9.71. The molecule has 8 nitrogen and oxygen atoms in total. The SMILES string of the molecule is C=CCOc1ccc(/C(O)=C2\C(=O)C(=O)N(CCN(CC)CC)C2c2ccc(OCCCC)c(OC)c2)cc1C. The number of amides is 1. The van der Waals surface area contributed by atoms with Crippen molar-refractivity contribution in [3.63, 3.8) is 0 Å². The van der Waals surface area contributed by atoms with Crippen molar-refractivity contribution >= 4 is 17.4 Å². The van der Waals surface area contributed by atoms with Crippen LogP contribution in [0.1, 0.15) is 56.3 Å². The molecule has 1 atom stereocenters. The summed E-state index contributed by atoms with van der Waals surface area (Å²) in [4.78, 5) is 30.6. The average Bonchev–Trinajstić information content (AvgIpc) is 3.22. The van der Waals surface area contributed by atoms with Crippen LogP contribution in [-0.2, 0) is 9.59 Å². The summed E-state index contributed by atoms with van der Waals surface area (Å²) in [7, 11) is 1.56. The van der Waals surface area contributed by atoms with Crippen LogP contribution in [-0.4, -0.2) is 73.1 Å². The minimum Gasteiger partial charge on any atom is -0.507 e. The number of Topliss-reactive ketones (excluding diaryl/α,β-unsaturated/α-hetero) is 1. The van der Waals surface area contributed by atoms with Gasteiger partial charge in [-0.2, -0.15) is 0 Å². The minimum absolute atomic E-state index is 0.0467. The van der Waals surface area contributed by atoms with Crippen LogP contribution in [0.5, 0.6) is 17.2 Å². The number of likely N-dealkylation sites (N-methyl/N-ethyl adjacent to an activating group) is 1. The number of unbranched alkanes of at least 4 members (excludes halogenated alkanes) is 1. The van der Waals surface area contributed by atoms with Gasteiger partial charge < -0.3 is 29.1 Å². The topological polar surface area (TPSA) is 88.5 Å². The molecule has 1 amide bonds. The molecule has 0 aromatic heterocycles. The molecule has 1 saturated heterocycles. The Morgan fingerprint density at radius 1 is 1.05 bits per heavy atom. The standard InChI is InChI=1S/C32H42N2O6/c1-7-11-19-40-26-15-12-23(21-27(26)38-6)29-28(31(36)32(37)34(29)17-16-33(9-3)10-4)30(35)24-13-14-25(22(5)20-24)39-18-8-2/h8,12-15,20-21,29,35H,2,7,9-11,16-19H2,1,3-6H3/b30-28+. The Morgan fingerprint density at radius 3 is 2.40 bits per heavy atom. The smallest absolute Gasteiger partial charge is 0.295 e. The van der Waals surface area contributed by atoms with Crippen molar-refractivity contribution in [2.24, 2.45) is 0 Å². The average molecular weight is 551 g/mol. The van der Waals surface area contributed by atoms with Gasteiger partial charge in [0.15, 0.2) is 11.5 Å². The first-order valence-electron chi connectivity index (χ1n) is 14.0. The summed E-state index contributed by atoms with van der Waals surface area (Å²) >= 11 is 0. The number of aliphatic hydroxyl groups excluding tert-OH is 1. The zero-order chi connectivity index (χ0) is 29.2. The van der Waals surface area contributed by atoms with Crippen molar-refractivity contribution in [1.82, 2.24) is 9.80 Å². The molecule has 2 aromatic carbocycles. The van der Waals surface area contributed by atoms with Crippen LogP contribution >= 0.6 is 0 Å². The van der Waals surface area contributed by atoms with E-state index in [0.717, 1.165) is 31.5 Å². The van der Waals surface area contributed by atoms with Gasteiger partial charge in [-0.05, 0) is 67.9 Å². The highest BCUT2D eigenvalue weighted by molar-refractivity contribution is 6.46. The number of likely N-dealkylation sites (tertiary alicyclic amines) is 1. The van der Waals surface area contributed by atoms with Crippen molar-refractivity contribution in [3.05, 3.63) is 71.3 Å². The predicted octanol–water partition coefficient (Wildman–Crippen LogP) is 5.51. The lowest BCUT2D eigenvalue weighted by Crippen LogP contribution is -2.38. The number of hydrogen-bond donors (Lipinski definition) is 1. The van der Waals surface area contributed by atoms with E-state index < -0.39 is 17.7 Å². The fraction of sp³-hybridized carbons (Fsp3) is 0.438. The Balaban J connectivity index is 2.11. The van der Waals surface area contributed by atoms with E-state index in [2.05, 4.69) is 32.3 Å². The van der Waals surface area contributed by atoms with E-state index in [1.807, 2.05) is 13.0 Å². The van der Waals surface area contributed by atoms with Gasteiger partial charge >= 0.3 is 0 Å². The quantitative estimate of drug-likeness (QED) is 0.103. The van der Waals surface area contributed by atoms with Gasteiger partial charge in [-0.1, -0.05) is 45.9 Å². The van der Waals surface area contributed by atoms with Crippen molar-refractivity contribution < 1.29 is 28.9 Å². The third-order valence-electron chi connectivity index (χ3n) is 7.16. The number of hydrogen-bond acceptors (Lipinski definition) is 7. The Hall–Kier alpha value is -3.78. The number of rotatable bonds is 15. The van der Waals surface area contributed by atoms with Crippen LogP contribution < -0.4 is 14.2 Å². The summed E-state index contributed by atoms with van der Waals surface area (Å²) in [5.41, 5.74) is 1.92. The van der Waals surface area contributed by atoms with Crippen molar-refractivity contribution in [1.29, 1.82) is 0 Å². The first-order chi connectivity index (χ1) is 19.3. The molecule has 0 spiro atoms. The fourth-order valence-electron chi connectivity index (χ4n) is 4.81. The highest BCUT2D eigenvalue weighted by Gasteiger charge is 2.46. The van der Waals surface area contributed by atoms with Gasteiger partial charge in [0.25, 0.3) is 11.7 Å². The summed E-state index contributed by atoms with van der Waals surface area (Å²) in [6.07, 6.45) is 3.57. The maximum atomic E-state index is 13.5. The molecule has 0 bridgehead atoms. The van der Waals surface area contributed by atoms with Crippen LogP contribution in [0, 0.1) is 6.92 Å². The van der Waals surface area contributed by atoms with Gasteiger partial charge in [0.1, 0.15) is 18.1 Å². The van der Waals surface area contributed by atoms with Crippen LogP contribution in [0.15, 0.2) is 54.6 Å². The van der Waals surface area contributed by atoms with E-state index in [0.29, 0.717) is 54.7 Å². The molecule has 1 unspecified atom stereocenters. The third kappa shape index (κ3) is 6.86. The summed E-state index contributed by atoms with van der Waals surface area (Å²) in [6, 6.07) is 9.80. The maximum Gasteiger partial charge on any atom is 0.295 e. The molecule has 1 aliphatic rings. The number of ether oxygens (including phenoxy) is 3. The van der Waals surface area contributed by atoms with E-state index in [4.69, 9.17) is 14.2 Å². The second-order valence-electron chi connectivity index (χ2n) is 9.71. The summed E-state index contributed by atoms with van der Waals surface area (Å²) in [6.45, 7) is 15.2. The van der Waals surface area contributed by atoms with Crippen LogP contribution in [0.25, 0.3) is 5.76 Å². The zero-order valence-electron chi connectivity index (χ0n) is 24.4. The lowest BCUT2D eigenvalue weighted by atomic mass is 9.94. The number of methoxy groups -OCH3 is 1. The summed E-state index contributed by atoms with van der Waals surface area (Å²) < 4.78 is 17.2. The Labute approximate surface area is 237 Å². The molecule has 216 valence electrons. The number of benzene rings is 2. The molecule has 8 heteroatoms. The molecule has 1 fully saturated rings. The molecule has 2 aromatic rings. The predicted molar refractivity (Wildman–Crippen MR) is 157 cm³/mol. The van der Waals surface area contributed by atoms with Crippen molar-refractivity contribution in [2.45, 2.75) is 46.6 Å². The molecule has 1 N–H and O–H groups in total. The number of aryl methyl sites for hydroxylation is 1. The normalized spacial score (nSPS) is 16.4. The molecule has 3 rings (SSSR count). The maximum absolute atomic E-state index is 13.5. The van der Waals surface area contributed by atoms with E-state index >= 15 is 0 Å². The lowest BCUT2D eigenvalue weighted by Gasteiger charge is -2.28. The van der Waals surface area contributed by atoms with Gasteiger partial charge in [-0.15, -0.1) is 0 Å². The highest BCUT2D eigenvalue weighted by atomic mass is 16.5. The largest absolute Gasteiger partial charge is 0.507 e. The molecule has 1 heterocycles. The third-order valence-corrected chi connectivity index (χ3v) is 7.16. The van der Waals surface area contributed by atoms with Crippen LogP contribution in [0.3, 0.4) is 0 Å². The van der Waals surface area contributed by atoms with Gasteiger partial charge in [0.2, 0.25) is 0 Å². The van der Waals surface area contributed by atoms with Crippen molar-refractivity contribution in [2.75, 3.05) is 46.5 Å². The zero-order valence-corrected chi connectivity index (χ0v) is 24.4. The number of ketones is 1. The molecular weight excluding hydrogens is 508 g/mol. The Kier molecular flexibility index (Phi) is 11.2. The fourth-order valence-corrected chi connectivity index (χ4v) is 4.81. The molecule has 0 saturated carbocycles. The monoisotopic (exact) mass is 550 g/mol. The first-order valence-corrected chi connectivity index (χ1v) is 14.0. The van der Waals surface area contributed by atoms with Gasteiger partial charge in [0.05, 0.1) is 25.3 Å². The molecule has 0 aliphatic carbocycles. The van der Waals surface area contributed by atoms with Gasteiger partial charge in [-0.25, -0.2) is 0 Å². The Morgan fingerprint density at radius 2 is 1.77 bits per heavy atom. The van der Waals surface area contributed by atoms with E-state index in [1.165, 1.54) is 0 Å². The minimum atomic E-state index is -0.786. The van der Waals surface area contributed by atoms with Crippen LogP contribution in [0.2, 0.25) is 0 Å². The summed E-state index contributed by atoms with van der Waals surface area (Å²) in [5.74, 6) is 0.163. The number of carbonyl (C=O) groups excluding carboxylic acids is 2. The first kappa shape index (κ1) is 30.8. The number of carbonyl (C=O) groups is 2. The lowest BCUT2D eigenvalue weighted by molar-refractivity contribution is -0.140. The van der Waals surface area contributed by atoms with E-state index in [-0.39, 0.29) is 11.3 Å². The molecule has 0 radical (unpaired) electrons. The Bertz CT molecular complexity index is 1230. The van der Waals surface area contributed by atoms with Gasteiger partial charge in [0, 0.05) is 18.7 Å². The molecule has 40 heavy (non-hydrogen) atoms. The number of aliphatic hydroxyl groups is 1. The number of nitrogens with zero attached hydrogens (tertiary/aromatic N) is 2. The van der Waals surface area contributed by atoms with Crippen LogP contribution in [0.4, 0.5) is 0 Å².